The summed E-state index contributed by atoms with van der Waals surface area (Å²) in [5, 5.41) is 0.398. The third kappa shape index (κ3) is 4.59. The molecule has 1 aliphatic rings. The molecule has 0 radical (unpaired) electrons. The Hall–Kier alpha value is -3.49. The number of aromatic amines is 1. The number of anilines is 1. The Balaban J connectivity index is 1.56. The van der Waals surface area contributed by atoms with Gasteiger partial charge in [0, 0.05) is 43.7 Å². The number of H-pyrrole nitrogens is 1. The lowest BCUT2D eigenvalue weighted by Crippen LogP contribution is -2.36. The highest BCUT2D eigenvalue weighted by molar-refractivity contribution is 5.95. The SMILES string of the molecule is Cc1cccc([C@@H](CN(C)C)n2ccc(-c3c[nH]c4ncc(N5CCOCC5)c(F)c34)cc2=O)c1. The molecule has 35 heavy (non-hydrogen) atoms. The van der Waals surface area contributed by atoms with Crippen molar-refractivity contribution in [1.29, 1.82) is 0 Å². The Morgan fingerprint density at radius 3 is 2.71 bits per heavy atom. The summed E-state index contributed by atoms with van der Waals surface area (Å²) in [7, 11) is 3.99. The van der Waals surface area contributed by atoms with Crippen molar-refractivity contribution < 1.29 is 9.13 Å². The second-order valence-electron chi connectivity index (χ2n) is 9.34. The lowest BCUT2D eigenvalue weighted by Gasteiger charge is -2.28. The first-order chi connectivity index (χ1) is 16.9. The molecule has 7 nitrogen and oxygen atoms in total. The molecule has 0 amide bonds. The Kier molecular flexibility index (Phi) is 6.40. The summed E-state index contributed by atoms with van der Waals surface area (Å²) in [4.78, 5) is 24.9. The molecule has 0 spiro atoms. The first kappa shape index (κ1) is 23.3. The van der Waals surface area contributed by atoms with Gasteiger partial charge in [-0.2, -0.15) is 0 Å². The number of nitrogens with one attached hydrogen (secondary N) is 1. The van der Waals surface area contributed by atoms with Crippen molar-refractivity contribution in [2.45, 2.75) is 13.0 Å². The van der Waals surface area contributed by atoms with E-state index in [9.17, 15) is 4.79 Å². The van der Waals surface area contributed by atoms with Crippen molar-refractivity contribution >= 4 is 16.7 Å². The zero-order chi connectivity index (χ0) is 24.5. The molecular formula is C27H30FN5O2. The van der Waals surface area contributed by atoms with Gasteiger partial charge in [-0.1, -0.05) is 29.8 Å². The van der Waals surface area contributed by atoms with Gasteiger partial charge in [0.15, 0.2) is 5.82 Å². The second kappa shape index (κ2) is 9.64. The lowest BCUT2D eigenvalue weighted by molar-refractivity contribution is 0.122. The predicted octanol–water partition coefficient (Wildman–Crippen LogP) is 3.83. The molecule has 1 atom stereocenters. The van der Waals surface area contributed by atoms with E-state index in [0.29, 0.717) is 60.7 Å². The molecule has 3 aromatic heterocycles. The van der Waals surface area contributed by atoms with Gasteiger partial charge < -0.3 is 24.1 Å². The summed E-state index contributed by atoms with van der Waals surface area (Å²) in [5.74, 6) is -0.331. The quantitative estimate of drug-likeness (QED) is 0.459. The minimum atomic E-state index is -0.331. The largest absolute Gasteiger partial charge is 0.378 e. The van der Waals surface area contributed by atoms with Crippen LogP contribution in [0.5, 0.6) is 0 Å². The molecule has 4 aromatic rings. The van der Waals surface area contributed by atoms with E-state index in [1.54, 1.807) is 23.0 Å². The van der Waals surface area contributed by atoms with Crippen LogP contribution in [-0.4, -0.2) is 66.4 Å². The topological polar surface area (TPSA) is 66.4 Å². The van der Waals surface area contributed by atoms with E-state index >= 15 is 4.39 Å². The zero-order valence-electron chi connectivity index (χ0n) is 20.3. The number of aryl methyl sites for hydroxylation is 1. The number of aromatic nitrogens is 3. The van der Waals surface area contributed by atoms with E-state index in [1.807, 2.05) is 50.3 Å². The van der Waals surface area contributed by atoms with E-state index in [0.717, 1.165) is 11.1 Å². The third-order valence-corrected chi connectivity index (χ3v) is 6.53. The fourth-order valence-electron chi connectivity index (χ4n) is 4.79. The Morgan fingerprint density at radius 1 is 1.20 bits per heavy atom. The molecule has 0 bridgehead atoms. The van der Waals surface area contributed by atoms with Gasteiger partial charge in [0.1, 0.15) is 5.65 Å². The van der Waals surface area contributed by atoms with E-state index in [-0.39, 0.29) is 17.4 Å². The molecule has 4 heterocycles. The number of benzene rings is 1. The highest BCUT2D eigenvalue weighted by Gasteiger charge is 2.22. The van der Waals surface area contributed by atoms with Gasteiger partial charge in [-0.25, -0.2) is 9.37 Å². The standard InChI is InChI=1S/C27H30FN5O2/c1-18-5-4-6-20(13-18)23(17-31(2)3)33-8-7-19(14-24(33)34)21-15-29-27-25(21)26(28)22(16-30-27)32-9-11-35-12-10-32/h4-8,13-16,23H,9-12,17H2,1-3H3,(H,29,30)/t23-/m1/s1. The molecule has 1 aromatic carbocycles. The maximum Gasteiger partial charge on any atom is 0.251 e. The van der Waals surface area contributed by atoms with E-state index < -0.39 is 0 Å². The number of nitrogens with zero attached hydrogens (tertiary/aromatic N) is 4. The van der Waals surface area contributed by atoms with Gasteiger partial charge in [-0.15, -0.1) is 0 Å². The number of hydrogen-bond acceptors (Lipinski definition) is 5. The number of pyridine rings is 2. The first-order valence-electron chi connectivity index (χ1n) is 11.8. The average Bonchev–Trinajstić information content (AvgIpc) is 3.28. The number of fused-ring (bicyclic) bond motifs is 1. The molecule has 0 aliphatic carbocycles. The van der Waals surface area contributed by atoms with Gasteiger partial charge in [0.25, 0.3) is 5.56 Å². The molecule has 182 valence electrons. The van der Waals surface area contributed by atoms with Gasteiger partial charge in [0.2, 0.25) is 0 Å². The van der Waals surface area contributed by atoms with Crippen molar-refractivity contribution in [2.75, 3.05) is 51.8 Å². The third-order valence-electron chi connectivity index (χ3n) is 6.53. The normalized spacial score (nSPS) is 15.2. The second-order valence-corrected chi connectivity index (χ2v) is 9.34. The van der Waals surface area contributed by atoms with Crippen LogP contribution in [0.1, 0.15) is 17.2 Å². The molecule has 0 unspecified atom stereocenters. The van der Waals surface area contributed by atoms with Crippen LogP contribution in [0.25, 0.3) is 22.2 Å². The summed E-state index contributed by atoms with van der Waals surface area (Å²) in [6.45, 7) is 5.08. The molecule has 8 heteroatoms. The molecule has 5 rings (SSSR count). The monoisotopic (exact) mass is 475 g/mol. The number of halogens is 1. The number of rotatable bonds is 6. The van der Waals surface area contributed by atoms with E-state index in [1.165, 1.54) is 0 Å². The summed E-state index contributed by atoms with van der Waals surface area (Å²) in [6, 6.07) is 11.6. The van der Waals surface area contributed by atoms with Crippen molar-refractivity contribution in [3.05, 3.63) is 82.3 Å². The smallest absolute Gasteiger partial charge is 0.251 e. The summed E-state index contributed by atoms with van der Waals surface area (Å²) < 4.78 is 22.9. The van der Waals surface area contributed by atoms with Gasteiger partial charge >= 0.3 is 0 Å². The van der Waals surface area contributed by atoms with Crippen LogP contribution >= 0.6 is 0 Å². The van der Waals surface area contributed by atoms with Crippen LogP contribution in [0.15, 0.2) is 59.8 Å². The predicted molar refractivity (Wildman–Crippen MR) is 137 cm³/mol. The number of hydrogen-bond donors (Lipinski definition) is 1. The van der Waals surface area contributed by atoms with Crippen LogP contribution in [0, 0.1) is 12.7 Å². The summed E-state index contributed by atoms with van der Waals surface area (Å²) >= 11 is 0. The zero-order valence-corrected chi connectivity index (χ0v) is 20.3. The molecule has 1 N–H and O–H groups in total. The molecule has 1 fully saturated rings. The average molecular weight is 476 g/mol. The minimum absolute atomic E-state index is 0.136. The van der Waals surface area contributed by atoms with Crippen LogP contribution in [0.4, 0.5) is 10.1 Å². The van der Waals surface area contributed by atoms with Gasteiger partial charge in [-0.3, -0.25) is 4.79 Å². The van der Waals surface area contributed by atoms with Crippen LogP contribution in [0.2, 0.25) is 0 Å². The minimum Gasteiger partial charge on any atom is -0.378 e. The Labute approximate surface area is 203 Å². The molecule has 1 saturated heterocycles. The van der Waals surface area contributed by atoms with Crippen LogP contribution in [0.3, 0.4) is 0 Å². The molecule has 0 saturated carbocycles. The summed E-state index contributed by atoms with van der Waals surface area (Å²) in [6.07, 6.45) is 5.10. The number of ether oxygens (including phenoxy) is 1. The van der Waals surface area contributed by atoms with Crippen LogP contribution in [-0.2, 0) is 4.74 Å². The van der Waals surface area contributed by atoms with Crippen molar-refractivity contribution in [3.8, 4) is 11.1 Å². The first-order valence-corrected chi connectivity index (χ1v) is 11.8. The Morgan fingerprint density at radius 2 is 2.00 bits per heavy atom. The highest BCUT2D eigenvalue weighted by atomic mass is 19.1. The number of likely N-dealkylation sites (N-methyl/N-ethyl adjacent to an activating group) is 1. The fraction of sp³-hybridized carbons (Fsp3) is 0.333. The molecular weight excluding hydrogens is 445 g/mol. The van der Waals surface area contributed by atoms with Crippen molar-refractivity contribution in [3.63, 3.8) is 0 Å². The van der Waals surface area contributed by atoms with Gasteiger partial charge in [-0.05, 0) is 38.2 Å². The van der Waals surface area contributed by atoms with Gasteiger partial charge in [0.05, 0.1) is 36.5 Å². The fourth-order valence-corrected chi connectivity index (χ4v) is 4.79. The van der Waals surface area contributed by atoms with Crippen LogP contribution < -0.4 is 10.5 Å². The molecule has 1 aliphatic heterocycles. The number of morpholine rings is 1. The highest BCUT2D eigenvalue weighted by Crippen LogP contribution is 2.34. The van der Waals surface area contributed by atoms with E-state index in [4.69, 9.17) is 4.74 Å². The lowest BCUT2D eigenvalue weighted by atomic mass is 10.0. The van der Waals surface area contributed by atoms with Crippen molar-refractivity contribution in [2.24, 2.45) is 0 Å². The Bertz CT molecular complexity index is 1400. The van der Waals surface area contributed by atoms with Crippen molar-refractivity contribution in [1.82, 2.24) is 19.4 Å². The van der Waals surface area contributed by atoms with E-state index in [2.05, 4.69) is 27.0 Å². The maximum absolute atomic E-state index is 15.7. The maximum atomic E-state index is 15.7. The summed E-state index contributed by atoms with van der Waals surface area (Å²) in [5.41, 5.74) is 4.29.